The molecule has 0 spiro atoms. The van der Waals surface area contributed by atoms with Gasteiger partial charge in [-0.3, -0.25) is 9.48 Å². The Bertz CT molecular complexity index is 1340. The number of rotatable bonds is 6. The third-order valence-corrected chi connectivity index (χ3v) is 5.69. The first-order valence-electron chi connectivity index (χ1n) is 11.6. The van der Waals surface area contributed by atoms with Crippen LogP contribution in [0.2, 0.25) is 0 Å². The maximum Gasteiger partial charge on any atom is 0.408 e. The van der Waals surface area contributed by atoms with Crippen molar-refractivity contribution in [1.29, 1.82) is 0 Å². The van der Waals surface area contributed by atoms with Gasteiger partial charge in [-0.2, -0.15) is 4.39 Å². The molecule has 2 amide bonds. The summed E-state index contributed by atoms with van der Waals surface area (Å²) in [6, 6.07) is 4.78. The number of anilines is 3. The van der Waals surface area contributed by atoms with Crippen LogP contribution in [0.15, 0.2) is 24.3 Å². The first kappa shape index (κ1) is 26.1. The third kappa shape index (κ3) is 6.05. The molecule has 0 radical (unpaired) electrons. The van der Waals surface area contributed by atoms with Gasteiger partial charge in [0.1, 0.15) is 11.4 Å². The molecule has 1 saturated heterocycles. The van der Waals surface area contributed by atoms with Crippen LogP contribution in [0, 0.1) is 11.8 Å². The molecule has 13 heteroatoms. The lowest BCUT2D eigenvalue weighted by molar-refractivity contribution is 0.0317. The van der Waals surface area contributed by atoms with Gasteiger partial charge in [-0.15, -0.1) is 5.10 Å². The summed E-state index contributed by atoms with van der Waals surface area (Å²) in [6.07, 6.45) is -0.188. The number of fused-ring (bicyclic) bond motifs is 1. The highest BCUT2D eigenvalue weighted by Crippen LogP contribution is 2.28. The van der Waals surface area contributed by atoms with E-state index in [2.05, 4.69) is 26.0 Å². The van der Waals surface area contributed by atoms with Crippen LogP contribution in [0.5, 0.6) is 0 Å². The number of amides is 2. The molecule has 3 heterocycles. The van der Waals surface area contributed by atoms with Gasteiger partial charge in [-0.1, -0.05) is 0 Å². The van der Waals surface area contributed by atoms with Crippen molar-refractivity contribution in [2.45, 2.75) is 44.9 Å². The van der Waals surface area contributed by atoms with Gasteiger partial charge in [-0.25, -0.2) is 14.2 Å². The third-order valence-electron chi connectivity index (χ3n) is 5.69. The standard InChI is InChI=1S/C24H29F2N7O4/c1-24(2,3)37-23(35)30-17-11-36-8-7-16(17)29-22-15(25)10-14(20(27)34)21(31-22)28-12-5-6-18-13(9-12)19(26)32-33(18)4/h5-6,9-10,16-17H,7-8,11H2,1-4H3,(H2,27,34)(H,30,35)(H2,28,29,31)/t16-,17+/m1/s1. The zero-order chi connectivity index (χ0) is 26.9. The van der Waals surface area contributed by atoms with Crippen molar-refractivity contribution >= 4 is 40.2 Å². The summed E-state index contributed by atoms with van der Waals surface area (Å²) in [6.45, 7) is 5.79. The monoisotopic (exact) mass is 517 g/mol. The van der Waals surface area contributed by atoms with E-state index in [1.54, 1.807) is 40.0 Å². The summed E-state index contributed by atoms with van der Waals surface area (Å²) < 4.78 is 41.4. The van der Waals surface area contributed by atoms with Crippen LogP contribution >= 0.6 is 0 Å². The van der Waals surface area contributed by atoms with E-state index in [0.717, 1.165) is 6.07 Å². The molecule has 3 aromatic rings. The normalized spacial score (nSPS) is 17.9. The fraction of sp³-hybridized carbons (Fsp3) is 0.417. The van der Waals surface area contributed by atoms with Crippen LogP contribution < -0.4 is 21.7 Å². The Hall–Kier alpha value is -4.00. The molecular formula is C24H29F2N7O4. The summed E-state index contributed by atoms with van der Waals surface area (Å²) in [5.74, 6) is -2.55. The molecule has 1 aliphatic rings. The van der Waals surface area contributed by atoms with Crippen LogP contribution in [0.3, 0.4) is 0 Å². The van der Waals surface area contributed by atoms with E-state index in [9.17, 15) is 18.4 Å². The lowest BCUT2D eigenvalue weighted by atomic mass is 10.0. The number of nitrogens with zero attached hydrogens (tertiary/aromatic N) is 3. The number of primary amides is 1. The highest BCUT2D eigenvalue weighted by atomic mass is 19.1. The van der Waals surface area contributed by atoms with Crippen LogP contribution in [-0.4, -0.2) is 57.7 Å². The molecule has 1 aliphatic heterocycles. The maximum atomic E-state index is 15.0. The first-order chi connectivity index (χ1) is 17.4. The fourth-order valence-electron chi connectivity index (χ4n) is 4.00. The fourth-order valence-corrected chi connectivity index (χ4v) is 4.00. The largest absolute Gasteiger partial charge is 0.444 e. The van der Waals surface area contributed by atoms with E-state index >= 15 is 0 Å². The SMILES string of the molecule is Cn1nc(F)c2cc(Nc3nc(N[C@@H]4CCOC[C@@H]4NC(=O)OC(C)(C)C)c(F)cc3C(N)=O)ccc21. The molecule has 1 aromatic carbocycles. The van der Waals surface area contributed by atoms with Gasteiger partial charge in [0.2, 0.25) is 5.95 Å². The number of aryl methyl sites for hydroxylation is 1. The second-order valence-electron chi connectivity index (χ2n) is 9.72. The average Bonchev–Trinajstić information content (AvgIpc) is 3.08. The molecule has 0 unspecified atom stereocenters. The number of benzene rings is 1. The Labute approximate surface area is 211 Å². The summed E-state index contributed by atoms with van der Waals surface area (Å²) >= 11 is 0. The Morgan fingerprint density at radius 2 is 1.95 bits per heavy atom. The van der Waals surface area contributed by atoms with Gasteiger partial charge in [0, 0.05) is 19.3 Å². The first-order valence-corrected chi connectivity index (χ1v) is 11.6. The number of carbonyl (C=O) groups excluding carboxylic acids is 2. The van der Waals surface area contributed by atoms with Gasteiger partial charge < -0.3 is 31.2 Å². The average molecular weight is 518 g/mol. The lowest BCUT2D eigenvalue weighted by Gasteiger charge is -2.33. The van der Waals surface area contributed by atoms with E-state index in [0.29, 0.717) is 24.2 Å². The molecule has 0 bridgehead atoms. The highest BCUT2D eigenvalue weighted by molar-refractivity contribution is 5.99. The van der Waals surface area contributed by atoms with E-state index in [4.69, 9.17) is 15.2 Å². The molecule has 2 aromatic heterocycles. The zero-order valence-corrected chi connectivity index (χ0v) is 20.9. The van der Waals surface area contributed by atoms with Crippen LogP contribution in [0.25, 0.3) is 10.9 Å². The van der Waals surface area contributed by atoms with Gasteiger partial charge in [0.15, 0.2) is 11.6 Å². The van der Waals surface area contributed by atoms with Crippen molar-refractivity contribution in [3.8, 4) is 0 Å². The van der Waals surface area contributed by atoms with E-state index in [1.165, 1.54) is 10.7 Å². The van der Waals surface area contributed by atoms with Gasteiger partial charge in [-0.05, 0) is 51.5 Å². The second kappa shape index (κ2) is 10.2. The van der Waals surface area contributed by atoms with Crippen molar-refractivity contribution in [2.75, 3.05) is 23.8 Å². The Kier molecular flexibility index (Phi) is 7.16. The highest BCUT2D eigenvalue weighted by Gasteiger charge is 2.30. The summed E-state index contributed by atoms with van der Waals surface area (Å²) in [7, 11) is 1.62. The molecule has 4 rings (SSSR count). The molecular weight excluding hydrogens is 488 g/mol. The second-order valence-corrected chi connectivity index (χ2v) is 9.72. The van der Waals surface area contributed by atoms with Crippen molar-refractivity contribution in [2.24, 2.45) is 12.8 Å². The zero-order valence-electron chi connectivity index (χ0n) is 20.9. The number of nitrogens with two attached hydrogens (primary N) is 1. The predicted molar refractivity (Wildman–Crippen MR) is 133 cm³/mol. The van der Waals surface area contributed by atoms with Gasteiger partial charge in [0.25, 0.3) is 5.91 Å². The number of hydrogen-bond donors (Lipinski definition) is 4. The van der Waals surface area contributed by atoms with Crippen LogP contribution in [0.1, 0.15) is 37.6 Å². The number of alkyl carbamates (subject to hydrolysis) is 1. The van der Waals surface area contributed by atoms with Crippen molar-refractivity contribution < 1.29 is 27.8 Å². The topological polar surface area (TPSA) is 145 Å². The number of ether oxygens (including phenoxy) is 2. The summed E-state index contributed by atoms with van der Waals surface area (Å²) in [4.78, 5) is 28.6. The Morgan fingerprint density at radius 1 is 1.19 bits per heavy atom. The molecule has 0 aliphatic carbocycles. The van der Waals surface area contributed by atoms with E-state index in [-0.39, 0.29) is 29.2 Å². The molecule has 0 saturated carbocycles. The van der Waals surface area contributed by atoms with Gasteiger partial charge >= 0.3 is 6.09 Å². The number of hydrogen-bond acceptors (Lipinski definition) is 8. The van der Waals surface area contributed by atoms with Crippen LogP contribution in [-0.2, 0) is 16.5 Å². The Balaban J connectivity index is 1.60. The van der Waals surface area contributed by atoms with Crippen LogP contribution in [0.4, 0.5) is 30.9 Å². The molecule has 1 fully saturated rings. The number of nitrogens with one attached hydrogen (secondary N) is 3. The van der Waals surface area contributed by atoms with Crippen molar-refractivity contribution in [1.82, 2.24) is 20.1 Å². The number of aromatic nitrogens is 3. The van der Waals surface area contributed by atoms with Crippen molar-refractivity contribution in [3.63, 3.8) is 0 Å². The van der Waals surface area contributed by atoms with E-state index in [1.807, 2.05) is 0 Å². The molecule has 5 N–H and O–H groups in total. The maximum absolute atomic E-state index is 15.0. The molecule has 2 atom stereocenters. The number of carbonyl (C=O) groups is 2. The minimum atomic E-state index is -0.898. The molecule has 198 valence electrons. The number of halogens is 2. The van der Waals surface area contributed by atoms with E-state index < -0.39 is 41.5 Å². The lowest BCUT2D eigenvalue weighted by Crippen LogP contribution is -2.53. The molecule has 11 nitrogen and oxygen atoms in total. The molecule has 37 heavy (non-hydrogen) atoms. The predicted octanol–water partition coefficient (Wildman–Crippen LogP) is 3.18. The minimum absolute atomic E-state index is 0.0243. The smallest absolute Gasteiger partial charge is 0.408 e. The summed E-state index contributed by atoms with van der Waals surface area (Å²) in [5, 5.41) is 12.7. The Morgan fingerprint density at radius 3 is 2.65 bits per heavy atom. The van der Waals surface area contributed by atoms with Crippen molar-refractivity contribution in [3.05, 3.63) is 41.6 Å². The van der Waals surface area contributed by atoms with Gasteiger partial charge in [0.05, 0.1) is 35.2 Å². The minimum Gasteiger partial charge on any atom is -0.444 e. The number of pyridine rings is 1. The quantitative estimate of drug-likeness (QED) is 0.390. The summed E-state index contributed by atoms with van der Waals surface area (Å²) in [5.41, 5.74) is 5.54.